The van der Waals surface area contributed by atoms with Crippen molar-refractivity contribution in [1.82, 2.24) is 0 Å². The van der Waals surface area contributed by atoms with Gasteiger partial charge in [0.25, 0.3) is 0 Å². The topological polar surface area (TPSA) is 37.3 Å². The predicted molar refractivity (Wildman–Crippen MR) is 66.6 cm³/mol. The second kappa shape index (κ2) is 5.91. The zero-order chi connectivity index (χ0) is 12.0. The van der Waals surface area contributed by atoms with Crippen LogP contribution in [-0.2, 0) is 11.2 Å². The van der Waals surface area contributed by atoms with Gasteiger partial charge in [-0.3, -0.25) is 4.79 Å². The molecule has 0 spiro atoms. The Labute approximate surface area is 95.5 Å². The number of fused-ring (bicyclic) bond motifs is 1. The fourth-order valence-electron chi connectivity index (χ4n) is 1.61. The summed E-state index contributed by atoms with van der Waals surface area (Å²) in [6, 6.07) is 13.5. The van der Waals surface area contributed by atoms with E-state index >= 15 is 0 Å². The minimum absolute atomic E-state index is 0.0847. The van der Waals surface area contributed by atoms with Gasteiger partial charge in [0.1, 0.15) is 0 Å². The van der Waals surface area contributed by atoms with E-state index in [4.69, 9.17) is 5.11 Å². The second-order valence-electron chi connectivity index (χ2n) is 3.21. The molecule has 0 saturated carbocycles. The third-order valence-electron chi connectivity index (χ3n) is 2.22. The van der Waals surface area contributed by atoms with E-state index in [1.165, 1.54) is 0 Å². The monoisotopic (exact) mass is 216 g/mol. The van der Waals surface area contributed by atoms with E-state index in [-0.39, 0.29) is 6.42 Å². The molecule has 2 rings (SSSR count). The number of carbonyl (C=O) groups is 1. The number of hydrogen-bond donors (Lipinski definition) is 1. The largest absolute Gasteiger partial charge is 0.481 e. The van der Waals surface area contributed by atoms with Gasteiger partial charge in [0.2, 0.25) is 0 Å². The summed E-state index contributed by atoms with van der Waals surface area (Å²) in [6.45, 7) is 4.00. The van der Waals surface area contributed by atoms with Crippen LogP contribution >= 0.6 is 0 Å². The number of benzene rings is 2. The summed E-state index contributed by atoms with van der Waals surface area (Å²) in [7, 11) is 0. The molecule has 2 nitrogen and oxygen atoms in total. The van der Waals surface area contributed by atoms with Gasteiger partial charge in [-0.15, -0.1) is 0 Å². The molecule has 2 aromatic rings. The Hall–Kier alpha value is -1.83. The molecule has 84 valence electrons. The zero-order valence-corrected chi connectivity index (χ0v) is 9.60. The lowest BCUT2D eigenvalue weighted by atomic mass is 10.0. The van der Waals surface area contributed by atoms with Crippen molar-refractivity contribution in [2.24, 2.45) is 0 Å². The van der Waals surface area contributed by atoms with Crippen LogP contribution in [0.3, 0.4) is 0 Å². The molecule has 2 aromatic carbocycles. The molecule has 0 radical (unpaired) electrons. The van der Waals surface area contributed by atoms with Crippen LogP contribution in [0.4, 0.5) is 0 Å². The Morgan fingerprint density at radius 1 is 1.06 bits per heavy atom. The maximum atomic E-state index is 10.6. The smallest absolute Gasteiger partial charge is 0.307 e. The molecular formula is C14H16O2. The van der Waals surface area contributed by atoms with E-state index in [1.807, 2.05) is 56.3 Å². The minimum atomic E-state index is -0.790. The number of carboxylic acids is 1. The lowest BCUT2D eigenvalue weighted by Crippen LogP contribution is -2.00. The maximum Gasteiger partial charge on any atom is 0.307 e. The molecule has 0 fully saturated rings. The zero-order valence-electron chi connectivity index (χ0n) is 9.60. The molecule has 16 heavy (non-hydrogen) atoms. The quantitative estimate of drug-likeness (QED) is 0.834. The summed E-state index contributed by atoms with van der Waals surface area (Å²) in [5.74, 6) is -0.790. The Bertz CT molecular complexity index is 470. The lowest BCUT2D eigenvalue weighted by Gasteiger charge is -2.02. The van der Waals surface area contributed by atoms with Crippen LogP contribution in [-0.4, -0.2) is 11.1 Å². The van der Waals surface area contributed by atoms with E-state index in [0.717, 1.165) is 16.3 Å². The fraction of sp³-hybridized carbons (Fsp3) is 0.214. The highest BCUT2D eigenvalue weighted by molar-refractivity contribution is 5.88. The SMILES string of the molecule is CC.O=C(O)Cc1cccc2ccccc12. The van der Waals surface area contributed by atoms with Crippen LogP contribution in [0.25, 0.3) is 10.8 Å². The highest BCUT2D eigenvalue weighted by atomic mass is 16.4. The molecule has 0 heterocycles. The first-order valence-electron chi connectivity index (χ1n) is 5.46. The van der Waals surface area contributed by atoms with Crippen molar-refractivity contribution in [2.45, 2.75) is 20.3 Å². The number of aliphatic carboxylic acids is 1. The fourth-order valence-corrected chi connectivity index (χ4v) is 1.61. The van der Waals surface area contributed by atoms with Crippen LogP contribution in [0.1, 0.15) is 19.4 Å². The van der Waals surface area contributed by atoms with Crippen molar-refractivity contribution >= 4 is 16.7 Å². The molecule has 0 saturated heterocycles. The third kappa shape index (κ3) is 2.83. The molecule has 0 aliphatic heterocycles. The Morgan fingerprint density at radius 2 is 1.69 bits per heavy atom. The third-order valence-corrected chi connectivity index (χ3v) is 2.22. The molecule has 0 aliphatic rings. The predicted octanol–water partition coefficient (Wildman–Crippen LogP) is 3.49. The first kappa shape index (κ1) is 12.2. The van der Waals surface area contributed by atoms with Crippen molar-refractivity contribution in [1.29, 1.82) is 0 Å². The van der Waals surface area contributed by atoms with Gasteiger partial charge >= 0.3 is 5.97 Å². The lowest BCUT2D eigenvalue weighted by molar-refractivity contribution is -0.136. The molecular weight excluding hydrogens is 200 g/mol. The number of rotatable bonds is 2. The van der Waals surface area contributed by atoms with Crippen molar-refractivity contribution in [3.8, 4) is 0 Å². The minimum Gasteiger partial charge on any atom is -0.481 e. The van der Waals surface area contributed by atoms with Crippen molar-refractivity contribution in [3.63, 3.8) is 0 Å². The normalized spacial score (nSPS) is 9.38. The van der Waals surface area contributed by atoms with Crippen molar-refractivity contribution in [2.75, 3.05) is 0 Å². The average molecular weight is 216 g/mol. The first-order valence-corrected chi connectivity index (χ1v) is 5.46. The second-order valence-corrected chi connectivity index (χ2v) is 3.21. The Kier molecular flexibility index (Phi) is 4.52. The van der Waals surface area contributed by atoms with Crippen LogP contribution in [0.2, 0.25) is 0 Å². The van der Waals surface area contributed by atoms with Crippen LogP contribution in [0.5, 0.6) is 0 Å². The summed E-state index contributed by atoms with van der Waals surface area (Å²) < 4.78 is 0. The van der Waals surface area contributed by atoms with E-state index in [2.05, 4.69) is 0 Å². The number of hydrogen-bond acceptors (Lipinski definition) is 1. The van der Waals surface area contributed by atoms with E-state index in [0.29, 0.717) is 0 Å². The molecule has 0 unspecified atom stereocenters. The van der Waals surface area contributed by atoms with Gasteiger partial charge in [0, 0.05) is 0 Å². The number of carboxylic acid groups (broad SMARTS) is 1. The van der Waals surface area contributed by atoms with Crippen LogP contribution in [0.15, 0.2) is 42.5 Å². The van der Waals surface area contributed by atoms with E-state index in [9.17, 15) is 4.79 Å². The molecule has 2 heteroatoms. The molecule has 0 bridgehead atoms. The molecule has 0 atom stereocenters. The van der Waals surface area contributed by atoms with Crippen molar-refractivity contribution < 1.29 is 9.90 Å². The van der Waals surface area contributed by atoms with Gasteiger partial charge in [-0.2, -0.15) is 0 Å². The summed E-state index contributed by atoms with van der Waals surface area (Å²) in [5.41, 5.74) is 0.871. The standard InChI is InChI=1S/C12H10O2.C2H6/c13-12(14)8-10-6-3-5-9-4-1-2-7-11(9)10;1-2/h1-7H,8H2,(H,13,14);1-2H3. The van der Waals surface area contributed by atoms with Gasteiger partial charge in [-0.05, 0) is 16.3 Å². The highest BCUT2D eigenvalue weighted by Gasteiger charge is 2.03. The molecule has 0 aliphatic carbocycles. The summed E-state index contributed by atoms with van der Waals surface area (Å²) in [4.78, 5) is 10.6. The summed E-state index contributed by atoms with van der Waals surface area (Å²) in [5, 5.41) is 10.8. The molecule has 0 amide bonds. The van der Waals surface area contributed by atoms with E-state index in [1.54, 1.807) is 0 Å². The first-order chi connectivity index (χ1) is 7.77. The van der Waals surface area contributed by atoms with Gasteiger partial charge in [0.15, 0.2) is 0 Å². The maximum absolute atomic E-state index is 10.6. The highest BCUT2D eigenvalue weighted by Crippen LogP contribution is 2.18. The summed E-state index contributed by atoms with van der Waals surface area (Å²) in [6.07, 6.45) is 0.0847. The van der Waals surface area contributed by atoms with Crippen LogP contribution in [0, 0.1) is 0 Å². The van der Waals surface area contributed by atoms with Gasteiger partial charge in [-0.25, -0.2) is 0 Å². The Balaban J connectivity index is 0.000000606. The molecule has 1 N–H and O–H groups in total. The summed E-state index contributed by atoms with van der Waals surface area (Å²) >= 11 is 0. The Morgan fingerprint density at radius 3 is 2.38 bits per heavy atom. The van der Waals surface area contributed by atoms with Gasteiger partial charge < -0.3 is 5.11 Å². The van der Waals surface area contributed by atoms with Gasteiger partial charge in [0.05, 0.1) is 6.42 Å². The average Bonchev–Trinajstić information content (AvgIpc) is 2.31. The molecule has 0 aromatic heterocycles. The van der Waals surface area contributed by atoms with Crippen LogP contribution < -0.4 is 0 Å². The van der Waals surface area contributed by atoms with Crippen molar-refractivity contribution in [3.05, 3.63) is 48.0 Å². The van der Waals surface area contributed by atoms with E-state index < -0.39 is 5.97 Å². The van der Waals surface area contributed by atoms with Gasteiger partial charge in [-0.1, -0.05) is 56.3 Å².